The van der Waals surface area contributed by atoms with Crippen LogP contribution >= 0.6 is 0 Å². The van der Waals surface area contributed by atoms with Crippen LogP contribution in [0.1, 0.15) is 31.4 Å². The van der Waals surface area contributed by atoms with E-state index in [2.05, 4.69) is 36.1 Å². The third-order valence-electron chi connectivity index (χ3n) is 2.98. The molecule has 0 aliphatic carbocycles. The number of hydrogen-bond donors (Lipinski definition) is 1. The number of benzene rings is 1. The molecule has 1 aliphatic heterocycles. The fraction of sp³-hybridized carbons (Fsp3) is 0.500. The summed E-state index contributed by atoms with van der Waals surface area (Å²) in [4.78, 5) is 2.39. The van der Waals surface area contributed by atoms with Crippen molar-refractivity contribution in [2.45, 2.75) is 25.8 Å². The first kappa shape index (κ1) is 9.53. The molecule has 1 aromatic rings. The van der Waals surface area contributed by atoms with Crippen LogP contribution in [0.15, 0.2) is 24.3 Å². The molecule has 2 N–H and O–H groups in total. The lowest BCUT2D eigenvalue weighted by molar-refractivity contribution is 0.617. The highest BCUT2D eigenvalue weighted by molar-refractivity contribution is 5.49. The van der Waals surface area contributed by atoms with Crippen molar-refractivity contribution in [2.75, 3.05) is 18.0 Å². The number of anilines is 1. The van der Waals surface area contributed by atoms with Crippen LogP contribution < -0.4 is 10.6 Å². The van der Waals surface area contributed by atoms with Gasteiger partial charge in [0.05, 0.1) is 0 Å². The topological polar surface area (TPSA) is 29.3 Å². The summed E-state index contributed by atoms with van der Waals surface area (Å²) in [7, 11) is 0. The molecular weight excluding hydrogens is 172 g/mol. The maximum atomic E-state index is 5.95. The van der Waals surface area contributed by atoms with Gasteiger partial charge in [-0.05, 0) is 30.5 Å². The summed E-state index contributed by atoms with van der Waals surface area (Å²) in [6.45, 7) is 4.53. The first-order valence-electron chi connectivity index (χ1n) is 5.41. The number of rotatable bonds is 3. The summed E-state index contributed by atoms with van der Waals surface area (Å²) in [5.74, 6) is 0. The number of nitrogens with two attached hydrogens (primary N) is 1. The molecule has 1 atom stereocenters. The van der Waals surface area contributed by atoms with Gasteiger partial charge >= 0.3 is 0 Å². The molecule has 0 spiro atoms. The largest absolute Gasteiger partial charge is 0.371 e. The Morgan fingerprint density at radius 3 is 2.36 bits per heavy atom. The molecule has 1 aromatic carbocycles. The van der Waals surface area contributed by atoms with E-state index in [-0.39, 0.29) is 6.04 Å². The molecular formula is C12H18N2. The molecule has 0 saturated carbocycles. The van der Waals surface area contributed by atoms with Gasteiger partial charge in [0.1, 0.15) is 0 Å². The van der Waals surface area contributed by atoms with Crippen molar-refractivity contribution < 1.29 is 0 Å². The maximum absolute atomic E-state index is 5.95. The Labute approximate surface area is 85.7 Å². The van der Waals surface area contributed by atoms with Gasteiger partial charge in [-0.15, -0.1) is 0 Å². The lowest BCUT2D eigenvalue weighted by Gasteiger charge is -2.33. The molecule has 1 aliphatic rings. The van der Waals surface area contributed by atoms with E-state index in [1.54, 1.807) is 0 Å². The van der Waals surface area contributed by atoms with Crippen LogP contribution in [0.25, 0.3) is 0 Å². The van der Waals surface area contributed by atoms with E-state index in [0.717, 1.165) is 6.42 Å². The highest BCUT2D eigenvalue weighted by atomic mass is 15.2. The van der Waals surface area contributed by atoms with Crippen LogP contribution in [0, 0.1) is 0 Å². The Bertz CT molecular complexity index is 264. The van der Waals surface area contributed by atoms with Crippen LogP contribution in [0.5, 0.6) is 0 Å². The smallest absolute Gasteiger partial charge is 0.0366 e. The van der Waals surface area contributed by atoms with Crippen molar-refractivity contribution in [3.8, 4) is 0 Å². The minimum atomic E-state index is 0.195. The van der Waals surface area contributed by atoms with Gasteiger partial charge in [0, 0.05) is 24.8 Å². The van der Waals surface area contributed by atoms with E-state index in [4.69, 9.17) is 5.73 Å². The van der Waals surface area contributed by atoms with Gasteiger partial charge in [0.15, 0.2) is 0 Å². The molecule has 0 aromatic heterocycles. The summed E-state index contributed by atoms with van der Waals surface area (Å²) in [6, 6.07) is 8.87. The van der Waals surface area contributed by atoms with Gasteiger partial charge in [0.25, 0.3) is 0 Å². The van der Waals surface area contributed by atoms with Crippen molar-refractivity contribution in [1.82, 2.24) is 0 Å². The maximum Gasteiger partial charge on any atom is 0.0366 e. The fourth-order valence-electron chi connectivity index (χ4n) is 1.74. The van der Waals surface area contributed by atoms with Gasteiger partial charge in [-0.1, -0.05) is 19.1 Å². The second-order valence-electron chi connectivity index (χ2n) is 3.95. The van der Waals surface area contributed by atoms with Crippen molar-refractivity contribution in [1.29, 1.82) is 0 Å². The average Bonchev–Trinajstić information content (AvgIpc) is 2.15. The predicted octanol–water partition coefficient (Wildman–Crippen LogP) is 2.31. The molecule has 0 radical (unpaired) electrons. The fourth-order valence-corrected chi connectivity index (χ4v) is 1.74. The van der Waals surface area contributed by atoms with E-state index in [9.17, 15) is 0 Å². The quantitative estimate of drug-likeness (QED) is 0.792. The molecule has 0 bridgehead atoms. The first-order chi connectivity index (χ1) is 6.81. The normalized spacial score (nSPS) is 17.7. The predicted molar refractivity (Wildman–Crippen MR) is 60.5 cm³/mol. The Morgan fingerprint density at radius 2 is 1.93 bits per heavy atom. The highest BCUT2D eigenvalue weighted by Crippen LogP contribution is 2.22. The van der Waals surface area contributed by atoms with Crippen LogP contribution in [-0.2, 0) is 0 Å². The third kappa shape index (κ3) is 1.75. The van der Waals surface area contributed by atoms with Gasteiger partial charge in [-0.25, -0.2) is 0 Å². The summed E-state index contributed by atoms with van der Waals surface area (Å²) >= 11 is 0. The van der Waals surface area contributed by atoms with Crippen molar-refractivity contribution >= 4 is 5.69 Å². The molecule has 76 valence electrons. The third-order valence-corrected chi connectivity index (χ3v) is 2.98. The Kier molecular flexibility index (Phi) is 2.73. The van der Waals surface area contributed by atoms with Gasteiger partial charge in [-0.2, -0.15) is 0 Å². The number of nitrogens with zero attached hydrogens (tertiary/aromatic N) is 1. The lowest BCUT2D eigenvalue weighted by Crippen LogP contribution is -2.36. The van der Waals surface area contributed by atoms with Crippen molar-refractivity contribution in [2.24, 2.45) is 5.73 Å². The monoisotopic (exact) mass is 190 g/mol. The van der Waals surface area contributed by atoms with Crippen LogP contribution in [0.2, 0.25) is 0 Å². The van der Waals surface area contributed by atoms with Crippen LogP contribution in [0.3, 0.4) is 0 Å². The van der Waals surface area contributed by atoms with Gasteiger partial charge < -0.3 is 10.6 Å². The second-order valence-corrected chi connectivity index (χ2v) is 3.95. The molecule has 1 fully saturated rings. The van der Waals surface area contributed by atoms with E-state index >= 15 is 0 Å². The highest BCUT2D eigenvalue weighted by Gasteiger charge is 2.14. The Balaban J connectivity index is 2.09. The molecule has 2 heteroatoms. The first-order valence-corrected chi connectivity index (χ1v) is 5.41. The SMILES string of the molecule is CCC(N)c1ccc(N2CCC2)cc1. The van der Waals surface area contributed by atoms with Gasteiger partial charge in [0.2, 0.25) is 0 Å². The lowest BCUT2D eigenvalue weighted by atomic mass is 10.0. The summed E-state index contributed by atoms with van der Waals surface area (Å²) in [5.41, 5.74) is 8.54. The molecule has 0 amide bonds. The summed E-state index contributed by atoms with van der Waals surface area (Å²) in [6.07, 6.45) is 2.33. The van der Waals surface area contributed by atoms with E-state index in [1.807, 2.05) is 0 Å². The van der Waals surface area contributed by atoms with Crippen molar-refractivity contribution in [3.63, 3.8) is 0 Å². The number of hydrogen-bond acceptors (Lipinski definition) is 2. The average molecular weight is 190 g/mol. The minimum Gasteiger partial charge on any atom is -0.371 e. The zero-order valence-corrected chi connectivity index (χ0v) is 8.74. The Hall–Kier alpha value is -1.02. The van der Waals surface area contributed by atoms with E-state index < -0.39 is 0 Å². The molecule has 2 nitrogen and oxygen atoms in total. The van der Waals surface area contributed by atoms with E-state index in [0.29, 0.717) is 0 Å². The molecule has 2 rings (SSSR count). The van der Waals surface area contributed by atoms with Crippen LogP contribution in [0.4, 0.5) is 5.69 Å². The summed E-state index contributed by atoms with van der Waals surface area (Å²) < 4.78 is 0. The van der Waals surface area contributed by atoms with E-state index in [1.165, 1.54) is 30.8 Å². The van der Waals surface area contributed by atoms with Crippen molar-refractivity contribution in [3.05, 3.63) is 29.8 Å². The van der Waals surface area contributed by atoms with Crippen LogP contribution in [-0.4, -0.2) is 13.1 Å². The minimum absolute atomic E-state index is 0.195. The standard InChI is InChI=1S/C12H18N2/c1-2-12(13)10-4-6-11(7-5-10)14-8-3-9-14/h4-7,12H,2-3,8-9,13H2,1H3. The zero-order valence-electron chi connectivity index (χ0n) is 8.74. The second kappa shape index (κ2) is 4.01. The zero-order chi connectivity index (χ0) is 9.97. The molecule has 1 unspecified atom stereocenters. The molecule has 1 saturated heterocycles. The van der Waals surface area contributed by atoms with Gasteiger partial charge in [-0.3, -0.25) is 0 Å². The Morgan fingerprint density at radius 1 is 1.29 bits per heavy atom. The summed E-state index contributed by atoms with van der Waals surface area (Å²) in [5, 5.41) is 0. The molecule has 14 heavy (non-hydrogen) atoms. The molecule has 1 heterocycles.